The van der Waals surface area contributed by atoms with Gasteiger partial charge in [-0.15, -0.1) is 0 Å². The van der Waals surface area contributed by atoms with Gasteiger partial charge in [-0.25, -0.2) is 17.5 Å². The average molecular weight is 558 g/mol. The van der Waals surface area contributed by atoms with Crippen LogP contribution in [0.2, 0.25) is 0 Å². The van der Waals surface area contributed by atoms with E-state index >= 15 is 0 Å². The molecular weight excluding hydrogens is 525 g/mol. The first-order valence-corrected chi connectivity index (χ1v) is 15.0. The molecule has 1 fully saturated rings. The van der Waals surface area contributed by atoms with Crippen LogP contribution in [0.5, 0.6) is 0 Å². The number of halogens is 1. The van der Waals surface area contributed by atoms with Crippen LogP contribution in [0.3, 0.4) is 0 Å². The normalized spacial score (nSPS) is 18.1. The van der Waals surface area contributed by atoms with E-state index in [0.717, 1.165) is 53.4 Å². The molecule has 9 heteroatoms. The number of benzene rings is 3. The number of nitrogens with zero attached hydrogens (tertiary/aromatic N) is 5. The van der Waals surface area contributed by atoms with Gasteiger partial charge < -0.3 is 0 Å². The first-order valence-electron chi connectivity index (χ1n) is 13.5. The Labute approximate surface area is 233 Å². The van der Waals surface area contributed by atoms with E-state index in [-0.39, 0.29) is 16.1 Å². The van der Waals surface area contributed by atoms with Gasteiger partial charge in [-0.2, -0.15) is 14.5 Å². The van der Waals surface area contributed by atoms with Crippen LogP contribution in [0, 0.1) is 12.7 Å². The Morgan fingerprint density at radius 1 is 1.00 bits per heavy atom. The van der Waals surface area contributed by atoms with Gasteiger partial charge in [0.05, 0.1) is 23.6 Å². The van der Waals surface area contributed by atoms with Gasteiger partial charge in [-0.3, -0.25) is 4.68 Å². The van der Waals surface area contributed by atoms with Crippen LogP contribution in [0.1, 0.15) is 36.0 Å². The van der Waals surface area contributed by atoms with Gasteiger partial charge in [0.1, 0.15) is 10.7 Å². The lowest BCUT2D eigenvalue weighted by Gasteiger charge is -2.32. The molecule has 7 nitrogen and oxygen atoms in total. The van der Waals surface area contributed by atoms with Crippen molar-refractivity contribution in [3.05, 3.63) is 108 Å². The second-order valence-electron chi connectivity index (χ2n) is 10.8. The molecule has 0 saturated carbocycles. The molecule has 3 heterocycles. The van der Waals surface area contributed by atoms with E-state index in [1.807, 2.05) is 16.9 Å². The number of fused-ring (bicyclic) bond motifs is 1. The largest absolute Gasteiger partial charge is 0.274 e. The van der Waals surface area contributed by atoms with E-state index in [1.165, 1.54) is 28.6 Å². The molecule has 0 radical (unpaired) electrons. The van der Waals surface area contributed by atoms with Gasteiger partial charge in [-0.1, -0.05) is 30.3 Å². The molecule has 0 spiro atoms. The minimum Gasteiger partial charge on any atom is -0.274 e. The highest BCUT2D eigenvalue weighted by Gasteiger charge is 2.45. The van der Waals surface area contributed by atoms with Crippen LogP contribution >= 0.6 is 0 Å². The smallest absolute Gasteiger partial charge is 0.246 e. The van der Waals surface area contributed by atoms with Crippen LogP contribution in [0.25, 0.3) is 16.6 Å². The van der Waals surface area contributed by atoms with E-state index < -0.39 is 10.0 Å². The molecule has 0 amide bonds. The van der Waals surface area contributed by atoms with Crippen molar-refractivity contribution in [3.63, 3.8) is 0 Å². The summed E-state index contributed by atoms with van der Waals surface area (Å²) in [4.78, 5) is 0.225. The van der Waals surface area contributed by atoms with Crippen molar-refractivity contribution >= 4 is 20.9 Å². The summed E-state index contributed by atoms with van der Waals surface area (Å²) in [6, 6.07) is 21.0. The predicted molar refractivity (Wildman–Crippen MR) is 153 cm³/mol. The monoisotopic (exact) mass is 557 g/mol. The Morgan fingerprint density at radius 2 is 1.77 bits per heavy atom. The molecule has 1 atom stereocenters. The highest BCUT2D eigenvalue weighted by molar-refractivity contribution is 7.89. The minimum absolute atomic E-state index is 0.225. The van der Waals surface area contributed by atoms with Gasteiger partial charge in [0.2, 0.25) is 10.0 Å². The summed E-state index contributed by atoms with van der Waals surface area (Å²) in [5, 5.41) is 9.67. The number of aromatic nitrogens is 4. The number of aryl methyl sites for hydroxylation is 3. The molecule has 1 unspecified atom stereocenters. The lowest BCUT2D eigenvalue weighted by atomic mass is 9.73. The molecule has 206 valence electrons. The molecule has 0 N–H and O–H groups in total. The maximum absolute atomic E-state index is 13.6. The molecular formula is C31H32FN5O2S. The lowest BCUT2D eigenvalue weighted by molar-refractivity contribution is 0.384. The summed E-state index contributed by atoms with van der Waals surface area (Å²) in [5.74, 6) is -0.289. The second-order valence-corrected chi connectivity index (χ2v) is 12.8. The first-order chi connectivity index (χ1) is 19.2. The molecule has 5 aromatic rings. The standard InChI is InChI=1S/C31H32FN5O2S/c1-23-17-30-25(19-34-37(30)27-12-10-26(32)11-13-27)18-29(23)31(14-6-9-24-7-4-3-5-8-24)15-16-36(22-31)40(38,39)28-20-33-35(2)21-28/h3-5,7-8,10-13,17-21H,6,9,14-16,22H2,1-2H3. The molecule has 2 aromatic heterocycles. The number of hydrogen-bond acceptors (Lipinski definition) is 4. The van der Waals surface area contributed by atoms with Gasteiger partial charge >= 0.3 is 0 Å². The fourth-order valence-electron chi connectivity index (χ4n) is 6.09. The van der Waals surface area contributed by atoms with Crippen molar-refractivity contribution in [3.8, 4) is 5.69 Å². The van der Waals surface area contributed by atoms with E-state index in [0.29, 0.717) is 13.1 Å². The zero-order valence-electron chi connectivity index (χ0n) is 22.7. The third-order valence-corrected chi connectivity index (χ3v) is 9.96. The third-order valence-electron chi connectivity index (χ3n) is 8.16. The molecule has 40 heavy (non-hydrogen) atoms. The maximum atomic E-state index is 13.6. The number of rotatable bonds is 8. The Kier molecular flexibility index (Phi) is 6.80. The van der Waals surface area contributed by atoms with Gasteiger partial charge in [0.15, 0.2) is 0 Å². The van der Waals surface area contributed by atoms with Crippen molar-refractivity contribution in [2.24, 2.45) is 7.05 Å². The van der Waals surface area contributed by atoms with Crippen molar-refractivity contribution in [2.75, 3.05) is 13.1 Å². The minimum atomic E-state index is -3.66. The second kappa shape index (κ2) is 10.3. The fraction of sp³-hybridized carbons (Fsp3) is 0.290. The van der Waals surface area contributed by atoms with Gasteiger partial charge in [-0.05, 0) is 85.7 Å². The van der Waals surface area contributed by atoms with Crippen molar-refractivity contribution in [2.45, 2.75) is 42.9 Å². The Morgan fingerprint density at radius 3 is 2.50 bits per heavy atom. The molecule has 0 bridgehead atoms. The van der Waals surface area contributed by atoms with E-state index in [1.54, 1.807) is 29.7 Å². The summed E-state index contributed by atoms with van der Waals surface area (Å²) >= 11 is 0. The highest BCUT2D eigenvalue weighted by Crippen LogP contribution is 2.43. The van der Waals surface area contributed by atoms with Crippen LogP contribution in [0.15, 0.2) is 90.2 Å². The van der Waals surface area contributed by atoms with Crippen molar-refractivity contribution in [1.29, 1.82) is 0 Å². The molecule has 6 rings (SSSR count). The topological polar surface area (TPSA) is 73.0 Å². The quantitative estimate of drug-likeness (QED) is 0.250. The lowest BCUT2D eigenvalue weighted by Crippen LogP contribution is -2.35. The zero-order valence-corrected chi connectivity index (χ0v) is 23.5. The highest BCUT2D eigenvalue weighted by atomic mass is 32.2. The molecule has 1 saturated heterocycles. The zero-order chi connectivity index (χ0) is 27.9. The summed E-state index contributed by atoms with van der Waals surface area (Å²) in [5.41, 5.74) is 4.93. The summed E-state index contributed by atoms with van der Waals surface area (Å²) in [6.07, 6.45) is 8.29. The van der Waals surface area contributed by atoms with Gasteiger partial charge in [0, 0.05) is 37.1 Å². The van der Waals surface area contributed by atoms with Crippen molar-refractivity contribution < 1.29 is 12.8 Å². The molecule has 0 aliphatic carbocycles. The predicted octanol–water partition coefficient (Wildman–Crippen LogP) is 5.56. The SMILES string of the molecule is Cc1cc2c(cnn2-c2ccc(F)cc2)cc1C1(CCCc2ccccc2)CCN(S(=O)(=O)c2cnn(C)c2)C1. The van der Waals surface area contributed by atoms with Crippen LogP contribution in [-0.4, -0.2) is 45.4 Å². The summed E-state index contributed by atoms with van der Waals surface area (Å²) in [7, 11) is -1.94. The fourth-order valence-corrected chi connectivity index (χ4v) is 7.61. The molecule has 3 aromatic carbocycles. The van der Waals surface area contributed by atoms with Gasteiger partial charge in [0.25, 0.3) is 0 Å². The summed E-state index contributed by atoms with van der Waals surface area (Å²) in [6.45, 7) is 2.96. The number of hydrogen-bond donors (Lipinski definition) is 0. The average Bonchev–Trinajstić information content (AvgIpc) is 3.69. The van der Waals surface area contributed by atoms with Crippen molar-refractivity contribution in [1.82, 2.24) is 23.9 Å². The third kappa shape index (κ3) is 4.84. The van der Waals surface area contributed by atoms with E-state index in [9.17, 15) is 12.8 Å². The van der Waals surface area contributed by atoms with E-state index in [4.69, 9.17) is 0 Å². The Balaban J connectivity index is 1.37. The maximum Gasteiger partial charge on any atom is 0.246 e. The van der Waals surface area contributed by atoms with E-state index in [2.05, 4.69) is 53.5 Å². The van der Waals surface area contributed by atoms with Crippen LogP contribution in [0.4, 0.5) is 4.39 Å². The summed E-state index contributed by atoms with van der Waals surface area (Å²) < 4.78 is 45.6. The molecule has 1 aliphatic heterocycles. The Hall–Kier alpha value is -3.82. The Bertz CT molecular complexity index is 1760. The van der Waals surface area contributed by atoms with Crippen LogP contribution < -0.4 is 0 Å². The molecule has 1 aliphatic rings. The van der Waals surface area contributed by atoms with Crippen LogP contribution in [-0.2, 0) is 28.9 Å². The number of sulfonamides is 1. The first kappa shape index (κ1) is 26.4.